The van der Waals surface area contributed by atoms with Gasteiger partial charge < -0.3 is 0 Å². The van der Waals surface area contributed by atoms with Crippen LogP contribution in [0.4, 0.5) is 0 Å². The van der Waals surface area contributed by atoms with Gasteiger partial charge in [0, 0.05) is 21.4 Å². The predicted octanol–water partition coefficient (Wildman–Crippen LogP) is 9.15. The molecule has 1 aliphatic rings. The molecule has 30 heavy (non-hydrogen) atoms. The lowest BCUT2D eigenvalue weighted by Gasteiger charge is -2.29. The van der Waals surface area contributed by atoms with Crippen LogP contribution in [0.25, 0.3) is 21.7 Å². The van der Waals surface area contributed by atoms with Crippen molar-refractivity contribution in [2.24, 2.45) is 0 Å². The molecule has 1 aliphatic heterocycles. The zero-order chi connectivity index (χ0) is 20.9. The summed E-state index contributed by atoms with van der Waals surface area (Å²) in [6.07, 6.45) is 0. The molecule has 0 spiro atoms. The lowest BCUT2D eigenvalue weighted by molar-refractivity contribution is 0.641. The first-order valence-electron chi connectivity index (χ1n) is 10.5. The summed E-state index contributed by atoms with van der Waals surface area (Å²) < 4.78 is 0. The molecule has 2 aromatic carbocycles. The highest BCUT2D eigenvalue weighted by Gasteiger charge is 2.27. The average molecular weight is 424 g/mol. The Labute approximate surface area is 183 Å². The van der Waals surface area contributed by atoms with Gasteiger partial charge >= 0.3 is 0 Å². The largest absolute Gasteiger partial charge is 0.0633 e. The third-order valence-electron chi connectivity index (χ3n) is 6.54. The lowest BCUT2D eigenvalue weighted by atomic mass is 9.77. The van der Waals surface area contributed by atoms with E-state index in [2.05, 4.69) is 113 Å². The van der Waals surface area contributed by atoms with E-state index in [-0.39, 0.29) is 10.8 Å². The smallest absolute Gasteiger partial charge is 0.0233 e. The van der Waals surface area contributed by atoms with E-state index < -0.39 is 0 Å². The summed E-state index contributed by atoms with van der Waals surface area (Å²) in [6, 6.07) is 32.0. The van der Waals surface area contributed by atoms with Crippen molar-refractivity contribution in [2.75, 3.05) is 0 Å². The molecule has 0 atom stereocenters. The molecule has 0 fully saturated rings. The zero-order valence-corrected chi connectivity index (χ0v) is 19.8. The minimum Gasteiger partial charge on any atom is -0.0633 e. The molecule has 0 aliphatic carbocycles. The van der Waals surface area contributed by atoms with E-state index in [9.17, 15) is 0 Å². The highest BCUT2D eigenvalue weighted by Crippen LogP contribution is 2.46. The Hall–Kier alpha value is -2.26. The molecular formula is C28H26P2. The number of hydrogen-bond donors (Lipinski definition) is 0. The van der Waals surface area contributed by atoms with E-state index in [1.165, 1.54) is 59.8 Å². The summed E-state index contributed by atoms with van der Waals surface area (Å²) >= 11 is 0. The van der Waals surface area contributed by atoms with Crippen LogP contribution >= 0.6 is 16.4 Å². The normalized spacial score (nSPS) is 16.4. The second-order valence-electron chi connectivity index (χ2n) is 9.23. The quantitative estimate of drug-likeness (QED) is 0.264. The Bertz CT molecular complexity index is 1060. The van der Waals surface area contributed by atoms with Gasteiger partial charge in [-0.1, -0.05) is 105 Å². The SMILES string of the molecule is CC1(C)c2cccc(c2)-c2cccc(p2)C(C)(C)c2cccc(p2)-c2cccc1c2. The fourth-order valence-corrected chi connectivity index (χ4v) is 6.91. The van der Waals surface area contributed by atoms with E-state index in [0.29, 0.717) is 0 Å². The van der Waals surface area contributed by atoms with Crippen molar-refractivity contribution >= 4 is 16.4 Å². The van der Waals surface area contributed by atoms with E-state index in [1.54, 1.807) is 0 Å². The zero-order valence-electron chi connectivity index (χ0n) is 18.0. The van der Waals surface area contributed by atoms with Crippen LogP contribution in [0.3, 0.4) is 0 Å². The summed E-state index contributed by atoms with van der Waals surface area (Å²) in [5.74, 6) is 0. The molecule has 0 saturated carbocycles. The van der Waals surface area contributed by atoms with Crippen LogP contribution in [0.15, 0.2) is 84.9 Å². The molecule has 8 bridgehead atoms. The standard InChI is InChI=1S/C28H26P2/c1-27(2)21-11-5-9-19(17-21)23-13-7-15-25(29-23)28(3,4)26-16-8-14-24(30-26)20-10-6-12-22(27)18-20/h5-18H,1-4H3. The molecule has 0 N–H and O–H groups in total. The summed E-state index contributed by atoms with van der Waals surface area (Å²) in [4.78, 5) is 0. The van der Waals surface area contributed by atoms with E-state index >= 15 is 0 Å². The van der Waals surface area contributed by atoms with Crippen LogP contribution in [0.5, 0.6) is 0 Å². The van der Waals surface area contributed by atoms with Crippen LogP contribution in [0.2, 0.25) is 0 Å². The summed E-state index contributed by atoms with van der Waals surface area (Å²) in [6.45, 7) is 9.43. The average Bonchev–Trinajstić information content (AvgIpc) is 2.79. The van der Waals surface area contributed by atoms with Crippen LogP contribution in [0.1, 0.15) is 49.4 Å². The second kappa shape index (κ2) is 7.16. The van der Waals surface area contributed by atoms with Crippen LogP contribution in [0, 0.1) is 0 Å². The maximum Gasteiger partial charge on any atom is 0.0233 e. The molecule has 0 saturated heterocycles. The van der Waals surface area contributed by atoms with Gasteiger partial charge in [0.2, 0.25) is 0 Å². The number of benzene rings is 2. The summed E-state index contributed by atoms with van der Waals surface area (Å²) in [5.41, 5.74) is 5.34. The molecule has 148 valence electrons. The van der Waals surface area contributed by atoms with Crippen molar-refractivity contribution in [3.05, 3.63) is 107 Å². The minimum atomic E-state index is -0.0571. The maximum absolute atomic E-state index is 2.40. The molecule has 3 heterocycles. The minimum absolute atomic E-state index is 0.00768. The fourth-order valence-electron chi connectivity index (χ4n) is 4.32. The fraction of sp³-hybridized carbons (Fsp3) is 0.214. The van der Waals surface area contributed by atoms with Crippen molar-refractivity contribution in [1.29, 1.82) is 0 Å². The number of fused-ring (bicyclic) bond motifs is 10. The van der Waals surface area contributed by atoms with Gasteiger partial charge in [-0.2, -0.15) is 0 Å². The molecule has 0 nitrogen and oxygen atoms in total. The Kier molecular flexibility index (Phi) is 4.70. The molecule has 0 unspecified atom stereocenters. The Morgan fingerprint density at radius 3 is 1.40 bits per heavy atom. The van der Waals surface area contributed by atoms with Crippen molar-refractivity contribution in [1.82, 2.24) is 0 Å². The third kappa shape index (κ3) is 3.24. The van der Waals surface area contributed by atoms with Gasteiger partial charge in [0.05, 0.1) is 0 Å². The monoisotopic (exact) mass is 424 g/mol. The first-order valence-corrected chi connectivity index (χ1v) is 12.3. The molecule has 2 aromatic heterocycles. The first kappa shape index (κ1) is 19.7. The number of rotatable bonds is 0. The van der Waals surface area contributed by atoms with E-state index in [1.807, 2.05) is 0 Å². The lowest BCUT2D eigenvalue weighted by Crippen LogP contribution is -2.19. The summed E-state index contributed by atoms with van der Waals surface area (Å²) in [7, 11) is 2.62. The van der Waals surface area contributed by atoms with Gasteiger partial charge in [0.1, 0.15) is 0 Å². The molecule has 0 amide bonds. The van der Waals surface area contributed by atoms with Gasteiger partial charge in [-0.3, -0.25) is 0 Å². The van der Waals surface area contributed by atoms with E-state index in [4.69, 9.17) is 0 Å². The topological polar surface area (TPSA) is 0 Å². The number of hydrogen-bond acceptors (Lipinski definition) is 0. The molecular weight excluding hydrogens is 398 g/mol. The first-order chi connectivity index (χ1) is 14.4. The third-order valence-corrected chi connectivity index (χ3v) is 9.73. The van der Waals surface area contributed by atoms with Crippen molar-refractivity contribution < 1.29 is 0 Å². The van der Waals surface area contributed by atoms with Crippen molar-refractivity contribution in [3.8, 4) is 21.7 Å². The van der Waals surface area contributed by atoms with Crippen LogP contribution < -0.4 is 0 Å². The van der Waals surface area contributed by atoms with Gasteiger partial charge in [-0.05, 0) is 57.1 Å². The van der Waals surface area contributed by atoms with Crippen molar-refractivity contribution in [3.63, 3.8) is 0 Å². The molecule has 2 heteroatoms. The van der Waals surface area contributed by atoms with E-state index in [0.717, 1.165) is 0 Å². The molecule has 5 rings (SSSR count). The predicted molar refractivity (Wildman–Crippen MR) is 133 cm³/mol. The van der Waals surface area contributed by atoms with Gasteiger partial charge in [-0.15, -0.1) is 0 Å². The maximum atomic E-state index is 2.40. The van der Waals surface area contributed by atoms with Crippen molar-refractivity contribution in [2.45, 2.75) is 38.5 Å². The Balaban J connectivity index is 1.85. The highest BCUT2D eigenvalue weighted by atomic mass is 31.0. The van der Waals surface area contributed by atoms with Gasteiger partial charge in [0.25, 0.3) is 0 Å². The molecule has 0 radical (unpaired) electrons. The Morgan fingerprint density at radius 1 is 0.500 bits per heavy atom. The van der Waals surface area contributed by atoms with Crippen LogP contribution in [-0.2, 0) is 10.8 Å². The second-order valence-corrected chi connectivity index (χ2v) is 11.6. The summed E-state index contributed by atoms with van der Waals surface area (Å²) in [5, 5.41) is 5.70. The van der Waals surface area contributed by atoms with Gasteiger partial charge in [-0.25, -0.2) is 0 Å². The Morgan fingerprint density at radius 2 is 0.933 bits per heavy atom. The highest BCUT2D eigenvalue weighted by molar-refractivity contribution is 7.36. The van der Waals surface area contributed by atoms with Gasteiger partial charge in [0.15, 0.2) is 0 Å². The van der Waals surface area contributed by atoms with Crippen LogP contribution in [-0.4, -0.2) is 0 Å². The molecule has 4 aromatic rings.